The van der Waals surface area contributed by atoms with Crippen molar-refractivity contribution in [3.05, 3.63) is 137 Å². The third-order valence-corrected chi connectivity index (χ3v) is 6.58. The minimum atomic E-state index is -0.697. The minimum absolute atomic E-state index is 0.301. The van der Waals surface area contributed by atoms with Gasteiger partial charge in [0.15, 0.2) is 0 Å². The fourth-order valence-corrected chi connectivity index (χ4v) is 4.45. The van der Waals surface area contributed by atoms with Gasteiger partial charge in [-0.3, -0.25) is 0 Å². The second-order valence-electron chi connectivity index (χ2n) is 9.13. The summed E-state index contributed by atoms with van der Waals surface area (Å²) in [4.78, 5) is 0. The number of halogens is 1. The molecule has 0 aromatic heterocycles. The molecule has 38 heavy (non-hydrogen) atoms. The summed E-state index contributed by atoms with van der Waals surface area (Å²) in [6.07, 6.45) is -2.04. The zero-order chi connectivity index (χ0) is 26.0. The lowest BCUT2D eigenvalue weighted by Crippen LogP contribution is -2.57. The van der Waals surface area contributed by atoms with Crippen molar-refractivity contribution >= 4 is 11.6 Å². The Morgan fingerprint density at radius 1 is 0.579 bits per heavy atom. The van der Waals surface area contributed by atoms with Gasteiger partial charge in [0.2, 0.25) is 6.29 Å². The number of ether oxygens (including phenoxy) is 5. The highest BCUT2D eigenvalue weighted by molar-refractivity contribution is 6.30. The molecule has 1 fully saturated rings. The van der Waals surface area contributed by atoms with Crippen molar-refractivity contribution < 1.29 is 23.7 Å². The summed E-state index contributed by atoms with van der Waals surface area (Å²) < 4.78 is 31.8. The summed E-state index contributed by atoms with van der Waals surface area (Å²) in [6.45, 7) is 1.53. The Hall–Kier alpha value is -3.19. The van der Waals surface area contributed by atoms with Crippen molar-refractivity contribution in [2.24, 2.45) is 0 Å². The van der Waals surface area contributed by atoms with Gasteiger partial charge in [-0.15, -0.1) is 0 Å². The molecule has 2 unspecified atom stereocenters. The van der Waals surface area contributed by atoms with Gasteiger partial charge in [-0.1, -0.05) is 103 Å². The van der Waals surface area contributed by atoms with Crippen LogP contribution in [-0.4, -0.2) is 31.2 Å². The summed E-state index contributed by atoms with van der Waals surface area (Å²) in [5.41, 5.74) is 3.19. The van der Waals surface area contributed by atoms with Crippen molar-refractivity contribution in [1.29, 1.82) is 0 Å². The summed E-state index contributed by atoms with van der Waals surface area (Å²) in [5, 5.41) is 0.636. The van der Waals surface area contributed by atoms with Crippen LogP contribution in [0.3, 0.4) is 0 Å². The molecule has 6 heteroatoms. The molecule has 4 aromatic rings. The fourth-order valence-electron chi connectivity index (χ4n) is 4.32. The maximum Gasteiger partial charge on any atom is 0.229 e. The Bertz CT molecular complexity index is 1220. The molecule has 0 amide bonds. The zero-order valence-electron chi connectivity index (χ0n) is 21.0. The quantitative estimate of drug-likeness (QED) is 0.213. The lowest BCUT2D eigenvalue weighted by molar-refractivity contribution is -0.278. The van der Waals surface area contributed by atoms with E-state index in [9.17, 15) is 0 Å². The zero-order valence-corrected chi connectivity index (χ0v) is 21.8. The standard InChI is InChI=1S/C32H31ClO5/c33-27-16-18-28(19-17-27)38-32-31(36-22-26-14-8-3-9-15-26)30(35-21-25-12-6-2-7-13-25)29(23-37-32)34-20-24-10-4-1-5-11-24/h1-19,29-32H,20-23H2/t29-,30?,31?,32+/m1/s1. The first-order valence-electron chi connectivity index (χ1n) is 12.7. The van der Waals surface area contributed by atoms with E-state index in [-0.39, 0.29) is 6.10 Å². The molecule has 196 valence electrons. The van der Waals surface area contributed by atoms with E-state index < -0.39 is 18.5 Å². The van der Waals surface area contributed by atoms with Crippen molar-refractivity contribution in [2.45, 2.75) is 44.4 Å². The molecule has 1 aliphatic rings. The smallest absolute Gasteiger partial charge is 0.229 e. The Morgan fingerprint density at radius 3 is 1.58 bits per heavy atom. The largest absolute Gasteiger partial charge is 0.462 e. The Labute approximate surface area is 228 Å². The molecule has 5 rings (SSSR count). The van der Waals surface area contributed by atoms with Gasteiger partial charge in [0.05, 0.1) is 26.4 Å². The SMILES string of the molecule is Clc1ccc(O[C@@H]2OC[C@@H](OCc3ccccc3)C(OCc3ccccc3)C2OCc2ccccc2)cc1. The van der Waals surface area contributed by atoms with E-state index in [2.05, 4.69) is 0 Å². The first kappa shape index (κ1) is 26.4. The van der Waals surface area contributed by atoms with E-state index in [1.54, 1.807) is 12.1 Å². The third-order valence-electron chi connectivity index (χ3n) is 6.33. The van der Waals surface area contributed by atoms with Crippen LogP contribution in [0.4, 0.5) is 0 Å². The van der Waals surface area contributed by atoms with Gasteiger partial charge >= 0.3 is 0 Å². The van der Waals surface area contributed by atoms with Crippen LogP contribution < -0.4 is 4.74 Å². The summed E-state index contributed by atoms with van der Waals surface area (Å²) in [5.74, 6) is 0.637. The van der Waals surface area contributed by atoms with Gasteiger partial charge in [-0.2, -0.15) is 0 Å². The molecule has 0 spiro atoms. The average molecular weight is 531 g/mol. The van der Waals surface area contributed by atoms with E-state index in [0.717, 1.165) is 16.7 Å². The number of hydrogen-bond donors (Lipinski definition) is 0. The molecule has 1 heterocycles. The van der Waals surface area contributed by atoms with Crippen molar-refractivity contribution in [3.8, 4) is 5.75 Å². The van der Waals surface area contributed by atoms with Crippen molar-refractivity contribution in [1.82, 2.24) is 0 Å². The molecule has 1 saturated heterocycles. The minimum Gasteiger partial charge on any atom is -0.462 e. The van der Waals surface area contributed by atoms with Crippen LogP contribution in [0.15, 0.2) is 115 Å². The van der Waals surface area contributed by atoms with E-state index in [1.807, 2.05) is 103 Å². The first-order valence-corrected chi connectivity index (χ1v) is 13.1. The monoisotopic (exact) mass is 530 g/mol. The number of hydrogen-bond acceptors (Lipinski definition) is 5. The molecule has 1 aliphatic heterocycles. The molecule has 0 aliphatic carbocycles. The molecule has 5 nitrogen and oxygen atoms in total. The summed E-state index contributed by atoms with van der Waals surface area (Å²) in [7, 11) is 0. The average Bonchev–Trinajstić information content (AvgIpc) is 2.97. The number of rotatable bonds is 11. The molecule has 0 bridgehead atoms. The molecule has 4 aromatic carbocycles. The van der Waals surface area contributed by atoms with Crippen LogP contribution in [0.5, 0.6) is 5.75 Å². The summed E-state index contributed by atoms with van der Waals surface area (Å²) in [6, 6.07) is 37.4. The maximum absolute atomic E-state index is 6.53. The molecular weight excluding hydrogens is 500 g/mol. The van der Waals surface area contributed by atoms with Gasteiger partial charge in [-0.25, -0.2) is 0 Å². The van der Waals surface area contributed by atoms with Crippen LogP contribution in [0.2, 0.25) is 5.02 Å². The second-order valence-corrected chi connectivity index (χ2v) is 9.57. The lowest BCUT2D eigenvalue weighted by Gasteiger charge is -2.41. The highest BCUT2D eigenvalue weighted by Gasteiger charge is 2.44. The predicted molar refractivity (Wildman–Crippen MR) is 147 cm³/mol. The second kappa shape index (κ2) is 13.6. The van der Waals surface area contributed by atoms with Gasteiger partial charge in [0.25, 0.3) is 0 Å². The Balaban J connectivity index is 1.38. The highest BCUT2D eigenvalue weighted by Crippen LogP contribution is 2.29. The topological polar surface area (TPSA) is 46.2 Å². The van der Waals surface area contributed by atoms with E-state index in [4.69, 9.17) is 35.3 Å². The van der Waals surface area contributed by atoms with Crippen LogP contribution in [-0.2, 0) is 38.8 Å². The Kier molecular flexibility index (Phi) is 9.43. The van der Waals surface area contributed by atoms with Crippen LogP contribution in [0.25, 0.3) is 0 Å². The highest BCUT2D eigenvalue weighted by atomic mass is 35.5. The predicted octanol–water partition coefficient (Wildman–Crippen LogP) is 6.83. The van der Waals surface area contributed by atoms with Gasteiger partial charge < -0.3 is 23.7 Å². The normalized spacial score (nSPS) is 21.2. The van der Waals surface area contributed by atoms with Crippen molar-refractivity contribution in [2.75, 3.05) is 6.61 Å². The molecular formula is C32H31ClO5. The maximum atomic E-state index is 6.53. The third kappa shape index (κ3) is 7.44. The Morgan fingerprint density at radius 2 is 1.05 bits per heavy atom. The van der Waals surface area contributed by atoms with E-state index >= 15 is 0 Å². The van der Waals surface area contributed by atoms with E-state index in [1.165, 1.54) is 0 Å². The molecule has 4 atom stereocenters. The number of benzene rings is 4. The van der Waals surface area contributed by atoms with Crippen LogP contribution in [0.1, 0.15) is 16.7 Å². The molecule has 0 radical (unpaired) electrons. The summed E-state index contributed by atoms with van der Waals surface area (Å²) >= 11 is 6.08. The van der Waals surface area contributed by atoms with Crippen LogP contribution >= 0.6 is 11.6 Å². The van der Waals surface area contributed by atoms with Gasteiger partial charge in [0, 0.05) is 5.02 Å². The fraction of sp³-hybridized carbons (Fsp3) is 0.250. The van der Waals surface area contributed by atoms with Gasteiger partial charge in [0.1, 0.15) is 24.1 Å². The molecule has 0 saturated carbocycles. The van der Waals surface area contributed by atoms with Crippen molar-refractivity contribution in [3.63, 3.8) is 0 Å². The van der Waals surface area contributed by atoms with E-state index in [0.29, 0.717) is 37.2 Å². The molecule has 0 N–H and O–H groups in total. The first-order chi connectivity index (χ1) is 18.7. The van der Waals surface area contributed by atoms with Crippen LogP contribution in [0, 0.1) is 0 Å². The van der Waals surface area contributed by atoms with Gasteiger partial charge in [-0.05, 0) is 41.0 Å². The lowest BCUT2D eigenvalue weighted by atomic mass is 10.0.